The predicted molar refractivity (Wildman–Crippen MR) is 82.9 cm³/mol. The molecule has 1 unspecified atom stereocenters. The fraction of sp³-hybridized carbons (Fsp3) is 0.529. The molecule has 1 amide bonds. The van der Waals surface area contributed by atoms with Crippen LogP contribution in [0.1, 0.15) is 57.8 Å². The largest absolute Gasteiger partial charge is 0.326 e. The van der Waals surface area contributed by atoms with Gasteiger partial charge in [0.05, 0.1) is 0 Å². The van der Waals surface area contributed by atoms with Crippen LogP contribution in [0.2, 0.25) is 0 Å². The molecule has 0 aliphatic heterocycles. The van der Waals surface area contributed by atoms with Gasteiger partial charge in [-0.15, -0.1) is 0 Å². The zero-order chi connectivity index (χ0) is 15.3. The third-order valence-electron chi connectivity index (χ3n) is 3.02. The average molecular weight is 275 g/mol. The van der Waals surface area contributed by atoms with Crippen molar-refractivity contribution >= 4 is 17.4 Å². The summed E-state index contributed by atoms with van der Waals surface area (Å²) < 4.78 is 0. The van der Waals surface area contributed by atoms with E-state index in [9.17, 15) is 9.59 Å². The van der Waals surface area contributed by atoms with Gasteiger partial charge in [-0.25, -0.2) is 0 Å². The Bertz CT molecular complexity index is 469. The summed E-state index contributed by atoms with van der Waals surface area (Å²) in [4.78, 5) is 23.1. The first kappa shape index (κ1) is 16.4. The molecule has 1 aromatic rings. The van der Waals surface area contributed by atoms with Gasteiger partial charge in [0.2, 0.25) is 5.91 Å². The number of nitrogens with one attached hydrogen (secondary N) is 1. The Balaban J connectivity index is 2.61. The Morgan fingerprint density at radius 2 is 1.70 bits per heavy atom. The van der Waals surface area contributed by atoms with Crippen LogP contribution in [-0.4, -0.2) is 11.7 Å². The van der Waals surface area contributed by atoms with Gasteiger partial charge in [-0.05, 0) is 42.0 Å². The van der Waals surface area contributed by atoms with Crippen LogP contribution in [0.3, 0.4) is 0 Å². The number of anilines is 1. The van der Waals surface area contributed by atoms with Gasteiger partial charge in [-0.3, -0.25) is 9.59 Å². The number of Topliss-reactive ketones (excluding diaryl/α,β-unsaturated/α-hetero) is 1. The second-order valence-electron chi connectivity index (χ2n) is 6.76. The van der Waals surface area contributed by atoms with E-state index in [0.717, 1.165) is 12.1 Å². The van der Waals surface area contributed by atoms with E-state index in [-0.39, 0.29) is 17.1 Å². The fourth-order valence-electron chi connectivity index (χ4n) is 2.49. The molecular weight excluding hydrogens is 250 g/mol. The molecule has 0 saturated carbocycles. The lowest BCUT2D eigenvalue weighted by Crippen LogP contribution is -2.14. The molecule has 110 valence electrons. The van der Waals surface area contributed by atoms with Gasteiger partial charge in [0, 0.05) is 24.6 Å². The number of carbonyl (C=O) groups excluding carboxylic acids is 2. The third-order valence-corrected chi connectivity index (χ3v) is 3.02. The van der Waals surface area contributed by atoms with Crippen molar-refractivity contribution in [2.24, 2.45) is 11.3 Å². The highest BCUT2D eigenvalue weighted by atomic mass is 16.1. The van der Waals surface area contributed by atoms with Crippen molar-refractivity contribution in [3.05, 3.63) is 29.8 Å². The molecular formula is C17H25NO2. The Morgan fingerprint density at radius 3 is 2.15 bits per heavy atom. The lowest BCUT2D eigenvalue weighted by molar-refractivity contribution is -0.114. The van der Waals surface area contributed by atoms with E-state index in [1.807, 2.05) is 0 Å². The second-order valence-corrected chi connectivity index (χ2v) is 6.76. The van der Waals surface area contributed by atoms with Gasteiger partial charge in [0.25, 0.3) is 0 Å². The standard InChI is InChI=1S/C17H25NO2/c1-12(11-17(3,4)5)10-16(20)14-6-8-15(9-7-14)18-13(2)19/h6-9,12H,10-11H2,1-5H3,(H,18,19). The normalized spacial score (nSPS) is 12.8. The molecule has 1 atom stereocenters. The van der Waals surface area contributed by atoms with Crippen molar-refractivity contribution in [1.29, 1.82) is 0 Å². The minimum absolute atomic E-state index is 0.108. The molecule has 0 fully saturated rings. The molecule has 0 aliphatic carbocycles. The SMILES string of the molecule is CC(=O)Nc1ccc(C(=O)CC(C)CC(C)(C)C)cc1. The highest BCUT2D eigenvalue weighted by molar-refractivity contribution is 5.97. The van der Waals surface area contributed by atoms with Crippen LogP contribution in [0.15, 0.2) is 24.3 Å². The molecule has 3 heteroatoms. The Labute approximate surface area is 121 Å². The van der Waals surface area contributed by atoms with Crippen molar-refractivity contribution in [1.82, 2.24) is 0 Å². The molecule has 0 aromatic heterocycles. The zero-order valence-corrected chi connectivity index (χ0v) is 13.1. The quantitative estimate of drug-likeness (QED) is 0.815. The van der Waals surface area contributed by atoms with Crippen LogP contribution in [0.25, 0.3) is 0 Å². The maximum absolute atomic E-state index is 12.2. The average Bonchev–Trinajstić information content (AvgIpc) is 2.26. The van der Waals surface area contributed by atoms with E-state index in [1.54, 1.807) is 24.3 Å². The fourth-order valence-corrected chi connectivity index (χ4v) is 2.49. The molecule has 1 N–H and O–H groups in total. The summed E-state index contributed by atoms with van der Waals surface area (Å²) in [7, 11) is 0. The van der Waals surface area contributed by atoms with Gasteiger partial charge in [0.15, 0.2) is 5.78 Å². The Kier molecular flexibility index (Phi) is 5.49. The molecule has 3 nitrogen and oxygen atoms in total. The first-order valence-corrected chi connectivity index (χ1v) is 7.08. The molecule has 0 spiro atoms. The van der Waals surface area contributed by atoms with Crippen molar-refractivity contribution in [3.63, 3.8) is 0 Å². The van der Waals surface area contributed by atoms with E-state index < -0.39 is 0 Å². The lowest BCUT2D eigenvalue weighted by atomic mass is 9.83. The molecule has 1 rings (SSSR count). The summed E-state index contributed by atoms with van der Waals surface area (Å²) in [5.74, 6) is 0.427. The van der Waals surface area contributed by atoms with E-state index in [0.29, 0.717) is 17.9 Å². The lowest BCUT2D eigenvalue weighted by Gasteiger charge is -2.22. The number of hydrogen-bond acceptors (Lipinski definition) is 2. The van der Waals surface area contributed by atoms with Gasteiger partial charge >= 0.3 is 0 Å². The van der Waals surface area contributed by atoms with Crippen LogP contribution in [0.5, 0.6) is 0 Å². The Morgan fingerprint density at radius 1 is 1.15 bits per heavy atom. The molecule has 0 saturated heterocycles. The number of benzene rings is 1. The summed E-state index contributed by atoms with van der Waals surface area (Å²) in [5, 5.41) is 2.69. The van der Waals surface area contributed by atoms with Crippen molar-refractivity contribution in [2.75, 3.05) is 5.32 Å². The first-order valence-electron chi connectivity index (χ1n) is 7.08. The smallest absolute Gasteiger partial charge is 0.221 e. The highest BCUT2D eigenvalue weighted by Crippen LogP contribution is 2.27. The summed E-state index contributed by atoms with van der Waals surface area (Å²) >= 11 is 0. The maximum Gasteiger partial charge on any atom is 0.221 e. The van der Waals surface area contributed by atoms with Crippen LogP contribution in [0, 0.1) is 11.3 Å². The highest BCUT2D eigenvalue weighted by Gasteiger charge is 2.18. The molecule has 0 aliphatic rings. The predicted octanol–water partition coefficient (Wildman–Crippen LogP) is 4.29. The molecule has 0 bridgehead atoms. The molecule has 0 radical (unpaired) electrons. The first-order chi connectivity index (χ1) is 9.17. The summed E-state index contributed by atoms with van der Waals surface area (Å²) in [5.41, 5.74) is 1.67. The number of ketones is 1. The number of hydrogen-bond donors (Lipinski definition) is 1. The van der Waals surface area contributed by atoms with Gasteiger partial charge < -0.3 is 5.32 Å². The monoisotopic (exact) mass is 275 g/mol. The van der Waals surface area contributed by atoms with Crippen LogP contribution in [-0.2, 0) is 4.79 Å². The van der Waals surface area contributed by atoms with E-state index in [2.05, 4.69) is 33.0 Å². The van der Waals surface area contributed by atoms with Gasteiger partial charge in [0.1, 0.15) is 0 Å². The topological polar surface area (TPSA) is 46.2 Å². The van der Waals surface area contributed by atoms with Gasteiger partial charge in [-0.1, -0.05) is 27.7 Å². The van der Waals surface area contributed by atoms with E-state index >= 15 is 0 Å². The molecule has 0 heterocycles. The minimum Gasteiger partial charge on any atom is -0.326 e. The maximum atomic E-state index is 12.2. The van der Waals surface area contributed by atoms with Gasteiger partial charge in [-0.2, -0.15) is 0 Å². The van der Waals surface area contributed by atoms with Crippen molar-refractivity contribution in [3.8, 4) is 0 Å². The zero-order valence-electron chi connectivity index (χ0n) is 13.1. The van der Waals surface area contributed by atoms with Crippen molar-refractivity contribution < 1.29 is 9.59 Å². The summed E-state index contributed by atoms with van der Waals surface area (Å²) in [6.07, 6.45) is 1.60. The second kappa shape index (κ2) is 6.69. The van der Waals surface area contributed by atoms with Crippen LogP contribution in [0.4, 0.5) is 5.69 Å². The summed E-state index contributed by atoms with van der Waals surface area (Å²) in [6, 6.07) is 7.08. The van der Waals surface area contributed by atoms with Crippen molar-refractivity contribution in [2.45, 2.75) is 47.5 Å². The van der Waals surface area contributed by atoms with Crippen LogP contribution < -0.4 is 5.32 Å². The minimum atomic E-state index is -0.108. The number of rotatable bonds is 5. The molecule has 1 aromatic carbocycles. The number of carbonyl (C=O) groups is 2. The van der Waals surface area contributed by atoms with E-state index in [4.69, 9.17) is 0 Å². The third kappa shape index (κ3) is 6.00. The molecule has 20 heavy (non-hydrogen) atoms. The van der Waals surface area contributed by atoms with Crippen LogP contribution >= 0.6 is 0 Å². The Hall–Kier alpha value is -1.64. The van der Waals surface area contributed by atoms with E-state index in [1.165, 1.54) is 6.92 Å². The number of amides is 1. The summed E-state index contributed by atoms with van der Waals surface area (Å²) in [6.45, 7) is 10.2.